The summed E-state index contributed by atoms with van der Waals surface area (Å²) < 4.78 is 21.5. The summed E-state index contributed by atoms with van der Waals surface area (Å²) in [6.07, 6.45) is 2.25. The number of aldehydes is 1. The monoisotopic (exact) mass is 411 g/mol. The van der Waals surface area contributed by atoms with Gasteiger partial charge in [-0.3, -0.25) is 4.79 Å². The number of ether oxygens (including phenoxy) is 1. The largest absolute Gasteiger partial charge is 0.492 e. The predicted octanol–water partition coefficient (Wildman–Crippen LogP) is 1.76. The maximum absolute atomic E-state index is 14.3. The van der Waals surface area contributed by atoms with Gasteiger partial charge < -0.3 is 20.7 Å². The summed E-state index contributed by atoms with van der Waals surface area (Å²) >= 11 is 0. The van der Waals surface area contributed by atoms with Crippen LogP contribution in [0.2, 0.25) is 0 Å². The van der Waals surface area contributed by atoms with Crippen LogP contribution in [0.1, 0.15) is 28.4 Å². The zero-order valence-corrected chi connectivity index (χ0v) is 16.7. The lowest BCUT2D eigenvalue weighted by atomic mass is 10.1. The minimum absolute atomic E-state index is 0.0707. The highest BCUT2D eigenvalue weighted by Gasteiger charge is 2.19. The molecular formula is C20H22FN7O2. The van der Waals surface area contributed by atoms with Crippen LogP contribution in [0, 0.1) is 17.1 Å². The molecule has 0 spiro atoms. The number of halogens is 1. The molecular weight excluding hydrogens is 389 g/mol. The van der Waals surface area contributed by atoms with Crippen LogP contribution >= 0.6 is 0 Å². The molecule has 2 aromatic heterocycles. The van der Waals surface area contributed by atoms with Gasteiger partial charge in [0.15, 0.2) is 17.8 Å². The number of nitrogens with zero attached hydrogens (tertiary/aromatic N) is 5. The van der Waals surface area contributed by atoms with E-state index in [1.165, 1.54) is 16.6 Å². The van der Waals surface area contributed by atoms with Gasteiger partial charge >= 0.3 is 0 Å². The summed E-state index contributed by atoms with van der Waals surface area (Å²) in [6.45, 7) is 3.58. The van der Waals surface area contributed by atoms with Crippen molar-refractivity contribution in [3.8, 4) is 11.8 Å². The molecule has 0 aliphatic heterocycles. The lowest BCUT2D eigenvalue weighted by Crippen LogP contribution is -2.25. The van der Waals surface area contributed by atoms with Gasteiger partial charge in [-0.2, -0.15) is 5.26 Å². The second-order valence-corrected chi connectivity index (χ2v) is 6.45. The number of hydrogen-bond donors (Lipinski definition) is 2. The maximum atomic E-state index is 14.3. The molecule has 3 rings (SSSR count). The van der Waals surface area contributed by atoms with Gasteiger partial charge in [-0.15, -0.1) is 5.10 Å². The molecule has 0 atom stereocenters. The number of rotatable bonds is 9. The van der Waals surface area contributed by atoms with Crippen LogP contribution in [0.3, 0.4) is 0 Å². The molecule has 0 saturated carbocycles. The fourth-order valence-electron chi connectivity index (χ4n) is 3.06. The SMILES string of the molecule is CCN(Cc1c(OCCNC)ccc(F)c1C#N)c1ccn2nc(N)c(C=O)c2n1. The Morgan fingerprint density at radius 3 is 2.90 bits per heavy atom. The summed E-state index contributed by atoms with van der Waals surface area (Å²) in [5.41, 5.74) is 6.65. The number of nitriles is 1. The molecule has 0 amide bonds. The maximum Gasteiger partial charge on any atom is 0.170 e. The molecule has 156 valence electrons. The molecule has 0 aliphatic rings. The standard InChI is InChI=1S/C20H22FN7O2/c1-3-27(18-6-8-28-20(25-18)15(12-29)19(23)26-28)11-14-13(10-22)16(21)4-5-17(14)30-9-7-24-2/h4-6,8,12,24H,3,7,9,11H2,1-2H3,(H2,23,26). The van der Waals surface area contributed by atoms with Gasteiger partial charge in [0.05, 0.1) is 5.56 Å². The molecule has 0 bridgehead atoms. The van der Waals surface area contributed by atoms with Crippen molar-refractivity contribution in [3.63, 3.8) is 0 Å². The van der Waals surface area contributed by atoms with E-state index in [9.17, 15) is 14.4 Å². The number of fused-ring (bicyclic) bond motifs is 1. The number of likely N-dealkylation sites (N-methyl/N-ethyl adjacent to an activating group) is 1. The highest BCUT2D eigenvalue weighted by atomic mass is 19.1. The average Bonchev–Trinajstić information content (AvgIpc) is 3.07. The lowest BCUT2D eigenvalue weighted by molar-refractivity contribution is 0.112. The van der Waals surface area contributed by atoms with Gasteiger partial charge in [-0.05, 0) is 32.2 Å². The zero-order chi connectivity index (χ0) is 21.7. The molecule has 1 aromatic carbocycles. The molecule has 0 radical (unpaired) electrons. The zero-order valence-electron chi connectivity index (χ0n) is 16.7. The van der Waals surface area contributed by atoms with Crippen LogP contribution in [0.4, 0.5) is 16.0 Å². The lowest BCUT2D eigenvalue weighted by Gasteiger charge is -2.24. The van der Waals surface area contributed by atoms with E-state index in [1.807, 2.05) is 17.9 Å². The third kappa shape index (κ3) is 4.01. The van der Waals surface area contributed by atoms with Crippen molar-refractivity contribution in [2.75, 3.05) is 37.4 Å². The van der Waals surface area contributed by atoms with Crippen LogP contribution in [-0.2, 0) is 6.54 Å². The Hall–Kier alpha value is -3.71. The molecule has 0 fully saturated rings. The second kappa shape index (κ2) is 9.19. The Balaban J connectivity index is 2.01. The van der Waals surface area contributed by atoms with E-state index < -0.39 is 5.82 Å². The van der Waals surface area contributed by atoms with Gasteiger partial charge in [-0.1, -0.05) is 0 Å². The summed E-state index contributed by atoms with van der Waals surface area (Å²) in [5, 5.41) is 16.5. The molecule has 3 N–H and O–H groups in total. The second-order valence-electron chi connectivity index (χ2n) is 6.45. The van der Waals surface area contributed by atoms with E-state index in [0.29, 0.717) is 48.8 Å². The Bertz CT molecular complexity index is 1110. The highest BCUT2D eigenvalue weighted by molar-refractivity contribution is 5.90. The Morgan fingerprint density at radius 1 is 1.43 bits per heavy atom. The normalized spacial score (nSPS) is 10.7. The Labute approximate surface area is 172 Å². The number of anilines is 2. The van der Waals surface area contributed by atoms with E-state index in [4.69, 9.17) is 10.5 Å². The minimum atomic E-state index is -0.611. The quantitative estimate of drug-likeness (QED) is 0.403. The van der Waals surface area contributed by atoms with Crippen LogP contribution in [0.5, 0.6) is 5.75 Å². The van der Waals surface area contributed by atoms with Crippen molar-refractivity contribution in [3.05, 3.63) is 46.9 Å². The van der Waals surface area contributed by atoms with E-state index >= 15 is 0 Å². The van der Waals surface area contributed by atoms with E-state index in [-0.39, 0.29) is 23.5 Å². The molecule has 0 saturated heterocycles. The number of nitrogens with one attached hydrogen (secondary N) is 1. The first-order chi connectivity index (χ1) is 14.5. The summed E-state index contributed by atoms with van der Waals surface area (Å²) in [7, 11) is 1.80. The van der Waals surface area contributed by atoms with E-state index in [0.717, 1.165) is 0 Å². The number of aromatic nitrogens is 3. The number of nitrogens with two attached hydrogens (primary N) is 1. The number of benzene rings is 1. The van der Waals surface area contributed by atoms with Crippen molar-refractivity contribution in [2.24, 2.45) is 0 Å². The molecule has 0 aliphatic carbocycles. The predicted molar refractivity (Wildman–Crippen MR) is 110 cm³/mol. The first-order valence-corrected chi connectivity index (χ1v) is 9.37. The number of carbonyl (C=O) groups is 1. The van der Waals surface area contributed by atoms with Gasteiger partial charge in [0.25, 0.3) is 0 Å². The minimum Gasteiger partial charge on any atom is -0.492 e. The van der Waals surface area contributed by atoms with Crippen molar-refractivity contribution < 1.29 is 13.9 Å². The Morgan fingerprint density at radius 2 is 2.23 bits per heavy atom. The number of carbonyl (C=O) groups excluding carboxylic acids is 1. The highest BCUT2D eigenvalue weighted by Crippen LogP contribution is 2.28. The third-order valence-corrected chi connectivity index (χ3v) is 4.65. The number of hydrogen-bond acceptors (Lipinski definition) is 8. The first-order valence-electron chi connectivity index (χ1n) is 9.37. The van der Waals surface area contributed by atoms with Crippen LogP contribution < -0.4 is 20.7 Å². The molecule has 0 unspecified atom stereocenters. The molecule has 10 heteroatoms. The van der Waals surface area contributed by atoms with Gasteiger partial charge in [-0.25, -0.2) is 13.9 Å². The first kappa shape index (κ1) is 21.0. The summed E-state index contributed by atoms with van der Waals surface area (Å²) in [5.74, 6) is 0.446. The van der Waals surface area contributed by atoms with Crippen molar-refractivity contribution in [2.45, 2.75) is 13.5 Å². The third-order valence-electron chi connectivity index (χ3n) is 4.65. The van der Waals surface area contributed by atoms with Gasteiger partial charge in [0, 0.05) is 31.4 Å². The smallest absolute Gasteiger partial charge is 0.170 e. The number of nitrogen functional groups attached to an aromatic ring is 1. The van der Waals surface area contributed by atoms with Gasteiger partial charge in [0.2, 0.25) is 0 Å². The van der Waals surface area contributed by atoms with Crippen molar-refractivity contribution in [1.82, 2.24) is 19.9 Å². The fourth-order valence-corrected chi connectivity index (χ4v) is 3.06. The summed E-state index contributed by atoms with van der Waals surface area (Å²) in [4.78, 5) is 17.7. The van der Waals surface area contributed by atoms with E-state index in [1.54, 1.807) is 19.3 Å². The van der Waals surface area contributed by atoms with Crippen molar-refractivity contribution >= 4 is 23.6 Å². The molecule has 3 aromatic rings. The van der Waals surface area contributed by atoms with E-state index in [2.05, 4.69) is 15.4 Å². The fraction of sp³-hybridized carbons (Fsp3) is 0.300. The molecule has 30 heavy (non-hydrogen) atoms. The van der Waals surface area contributed by atoms with Gasteiger partial charge in [0.1, 0.15) is 35.6 Å². The van der Waals surface area contributed by atoms with Crippen LogP contribution in [-0.4, -0.2) is 47.6 Å². The van der Waals surface area contributed by atoms with Crippen LogP contribution in [0.25, 0.3) is 5.65 Å². The van der Waals surface area contributed by atoms with Crippen LogP contribution in [0.15, 0.2) is 24.4 Å². The average molecular weight is 411 g/mol. The molecule has 2 heterocycles. The summed E-state index contributed by atoms with van der Waals surface area (Å²) in [6, 6.07) is 6.39. The molecule has 9 nitrogen and oxygen atoms in total. The topological polar surface area (TPSA) is 122 Å². The Kier molecular flexibility index (Phi) is 6.44. The van der Waals surface area contributed by atoms with Crippen molar-refractivity contribution in [1.29, 1.82) is 5.26 Å².